The van der Waals surface area contributed by atoms with Gasteiger partial charge in [-0.3, -0.25) is 9.59 Å². The molecule has 1 saturated heterocycles. The van der Waals surface area contributed by atoms with Crippen molar-refractivity contribution in [3.63, 3.8) is 0 Å². The van der Waals surface area contributed by atoms with Crippen molar-refractivity contribution in [3.8, 4) is 6.07 Å². The largest absolute Gasteiger partial charge is 0.376 e. The summed E-state index contributed by atoms with van der Waals surface area (Å²) in [6.45, 7) is 3.90. The molecule has 1 heterocycles. The topological polar surface area (TPSA) is 99.2 Å². The zero-order valence-corrected chi connectivity index (χ0v) is 11.9. The lowest BCUT2D eigenvalue weighted by molar-refractivity contribution is -0.123. The summed E-state index contributed by atoms with van der Waals surface area (Å²) in [5.41, 5.74) is 5.38. The summed E-state index contributed by atoms with van der Waals surface area (Å²) in [5.74, 6) is -0.701. The number of primary amides is 1. The normalized spacial score (nSPS) is 16.6. The molecular weight excluding hydrogens is 256 g/mol. The van der Waals surface area contributed by atoms with Crippen molar-refractivity contribution in [2.75, 3.05) is 19.6 Å². The van der Waals surface area contributed by atoms with Crippen molar-refractivity contribution in [3.05, 3.63) is 11.8 Å². The number of nitrogens with two attached hydrogens (primary N) is 1. The van der Waals surface area contributed by atoms with Crippen LogP contribution >= 0.6 is 0 Å². The number of carbonyl (C=O) groups excluding carboxylic acids is 2. The van der Waals surface area contributed by atoms with Gasteiger partial charge in [-0.05, 0) is 19.3 Å². The third kappa shape index (κ3) is 4.92. The molecule has 0 aliphatic carbocycles. The first kappa shape index (κ1) is 16.0. The van der Waals surface area contributed by atoms with E-state index in [9.17, 15) is 9.59 Å². The van der Waals surface area contributed by atoms with Gasteiger partial charge in [-0.25, -0.2) is 0 Å². The fourth-order valence-corrected chi connectivity index (χ4v) is 2.11. The molecule has 0 unspecified atom stereocenters. The van der Waals surface area contributed by atoms with Gasteiger partial charge in [-0.1, -0.05) is 13.3 Å². The summed E-state index contributed by atoms with van der Waals surface area (Å²) in [5, 5.41) is 11.8. The first-order valence-electron chi connectivity index (χ1n) is 7.02. The lowest BCUT2D eigenvalue weighted by atomic mass is 9.96. The summed E-state index contributed by atoms with van der Waals surface area (Å²) in [4.78, 5) is 24.8. The van der Waals surface area contributed by atoms with Crippen LogP contribution in [0.25, 0.3) is 0 Å². The van der Waals surface area contributed by atoms with Gasteiger partial charge >= 0.3 is 0 Å². The number of nitriles is 1. The SMILES string of the molecule is CCCCNC(=O)C(C#N)=CN1CCC(C(N)=O)CC1. The first-order valence-corrected chi connectivity index (χ1v) is 7.02. The number of likely N-dealkylation sites (tertiary alicyclic amines) is 1. The minimum atomic E-state index is -0.335. The van der Waals surface area contributed by atoms with Crippen LogP contribution in [0.2, 0.25) is 0 Å². The van der Waals surface area contributed by atoms with E-state index in [4.69, 9.17) is 11.0 Å². The smallest absolute Gasteiger partial charge is 0.263 e. The van der Waals surface area contributed by atoms with Crippen molar-refractivity contribution in [2.24, 2.45) is 11.7 Å². The van der Waals surface area contributed by atoms with Gasteiger partial charge < -0.3 is 16.0 Å². The van der Waals surface area contributed by atoms with E-state index in [2.05, 4.69) is 5.32 Å². The monoisotopic (exact) mass is 278 g/mol. The maximum atomic E-state index is 11.8. The van der Waals surface area contributed by atoms with Gasteiger partial charge in [0.1, 0.15) is 11.6 Å². The molecule has 6 heteroatoms. The molecule has 1 aliphatic rings. The van der Waals surface area contributed by atoms with Crippen molar-refractivity contribution >= 4 is 11.8 Å². The molecule has 20 heavy (non-hydrogen) atoms. The molecule has 3 N–H and O–H groups in total. The van der Waals surface area contributed by atoms with E-state index in [0.717, 1.165) is 12.8 Å². The Kier molecular flexibility index (Phi) is 6.57. The van der Waals surface area contributed by atoms with E-state index in [1.54, 1.807) is 6.20 Å². The van der Waals surface area contributed by atoms with Gasteiger partial charge in [0.05, 0.1) is 0 Å². The maximum Gasteiger partial charge on any atom is 0.263 e. The summed E-state index contributed by atoms with van der Waals surface area (Å²) in [6, 6.07) is 1.93. The first-order chi connectivity index (χ1) is 9.58. The highest BCUT2D eigenvalue weighted by molar-refractivity contribution is 5.97. The van der Waals surface area contributed by atoms with Crippen molar-refractivity contribution in [2.45, 2.75) is 32.6 Å². The van der Waals surface area contributed by atoms with Crippen LogP contribution in [0.5, 0.6) is 0 Å². The Morgan fingerprint density at radius 3 is 2.60 bits per heavy atom. The van der Waals surface area contributed by atoms with E-state index < -0.39 is 0 Å². The number of nitrogens with one attached hydrogen (secondary N) is 1. The van der Waals surface area contributed by atoms with Crippen LogP contribution in [0.1, 0.15) is 32.6 Å². The third-order valence-corrected chi connectivity index (χ3v) is 3.42. The van der Waals surface area contributed by atoms with Gasteiger partial charge in [-0.15, -0.1) is 0 Å². The minimum absolute atomic E-state index is 0.0939. The molecule has 1 aliphatic heterocycles. The Bertz CT molecular complexity index is 417. The molecule has 0 radical (unpaired) electrons. The highest BCUT2D eigenvalue weighted by Crippen LogP contribution is 2.17. The molecule has 6 nitrogen and oxygen atoms in total. The van der Waals surface area contributed by atoms with Crippen LogP contribution < -0.4 is 11.1 Å². The lowest BCUT2D eigenvalue weighted by Gasteiger charge is -2.29. The molecule has 1 rings (SSSR count). The fraction of sp³-hybridized carbons (Fsp3) is 0.643. The Morgan fingerprint density at radius 2 is 2.10 bits per heavy atom. The van der Waals surface area contributed by atoms with Crippen LogP contribution in [0.4, 0.5) is 0 Å². The van der Waals surface area contributed by atoms with Crippen molar-refractivity contribution in [1.82, 2.24) is 10.2 Å². The number of nitrogens with zero attached hydrogens (tertiary/aromatic N) is 2. The average Bonchev–Trinajstić information content (AvgIpc) is 2.45. The number of amides is 2. The number of unbranched alkanes of at least 4 members (excludes halogenated alkanes) is 1. The molecule has 0 spiro atoms. The quantitative estimate of drug-likeness (QED) is 0.420. The van der Waals surface area contributed by atoms with Crippen molar-refractivity contribution in [1.29, 1.82) is 5.26 Å². The van der Waals surface area contributed by atoms with Crippen molar-refractivity contribution < 1.29 is 9.59 Å². The van der Waals surface area contributed by atoms with E-state index >= 15 is 0 Å². The predicted molar refractivity (Wildman–Crippen MR) is 75.1 cm³/mol. The Balaban J connectivity index is 2.52. The Morgan fingerprint density at radius 1 is 1.45 bits per heavy atom. The second-order valence-corrected chi connectivity index (χ2v) is 4.98. The fourth-order valence-electron chi connectivity index (χ4n) is 2.11. The zero-order chi connectivity index (χ0) is 15.0. The zero-order valence-electron chi connectivity index (χ0n) is 11.9. The number of rotatable bonds is 6. The minimum Gasteiger partial charge on any atom is -0.376 e. The highest BCUT2D eigenvalue weighted by atomic mass is 16.2. The summed E-state index contributed by atoms with van der Waals surface area (Å²) < 4.78 is 0. The number of hydrogen-bond acceptors (Lipinski definition) is 4. The number of carbonyl (C=O) groups is 2. The maximum absolute atomic E-state index is 11.8. The molecular formula is C14H22N4O2. The number of piperidine rings is 1. The van der Waals surface area contributed by atoms with Crippen LogP contribution in [0, 0.1) is 17.2 Å². The van der Waals surface area contributed by atoms with Crippen LogP contribution in [-0.4, -0.2) is 36.3 Å². The van der Waals surface area contributed by atoms with Gasteiger partial charge in [0.15, 0.2) is 0 Å². The van der Waals surface area contributed by atoms with E-state index in [1.807, 2.05) is 17.9 Å². The van der Waals surface area contributed by atoms with E-state index in [1.165, 1.54) is 0 Å². The second-order valence-electron chi connectivity index (χ2n) is 4.98. The highest BCUT2D eigenvalue weighted by Gasteiger charge is 2.22. The van der Waals surface area contributed by atoms with Crippen LogP contribution in [-0.2, 0) is 9.59 Å². The molecule has 110 valence electrons. The molecule has 0 aromatic rings. The molecule has 0 aromatic heterocycles. The molecule has 2 amide bonds. The van der Waals surface area contributed by atoms with Crippen LogP contribution in [0.15, 0.2) is 11.8 Å². The summed E-state index contributed by atoms with van der Waals surface area (Å²) >= 11 is 0. The molecule has 0 aromatic carbocycles. The molecule has 0 saturated carbocycles. The van der Waals surface area contributed by atoms with Crippen LogP contribution in [0.3, 0.4) is 0 Å². The standard InChI is InChI=1S/C14H22N4O2/c1-2-3-6-17-14(20)12(9-15)10-18-7-4-11(5-8-18)13(16)19/h10-11H,2-8H2,1H3,(H2,16,19)(H,17,20). The predicted octanol–water partition coefficient (Wildman–Crippen LogP) is 0.507. The van der Waals surface area contributed by atoms with E-state index in [-0.39, 0.29) is 23.3 Å². The van der Waals surface area contributed by atoms with Gasteiger partial charge in [0, 0.05) is 31.8 Å². The summed E-state index contributed by atoms with van der Waals surface area (Å²) in [7, 11) is 0. The average molecular weight is 278 g/mol. The molecule has 1 fully saturated rings. The van der Waals surface area contributed by atoms with Gasteiger partial charge in [-0.2, -0.15) is 5.26 Å². The van der Waals surface area contributed by atoms with Gasteiger partial charge in [0.25, 0.3) is 5.91 Å². The summed E-state index contributed by atoms with van der Waals surface area (Å²) in [6.07, 6.45) is 4.81. The second kappa shape index (κ2) is 8.20. The third-order valence-electron chi connectivity index (χ3n) is 3.42. The van der Waals surface area contributed by atoms with E-state index in [0.29, 0.717) is 32.5 Å². The lowest BCUT2D eigenvalue weighted by Crippen LogP contribution is -2.36. The van der Waals surface area contributed by atoms with Gasteiger partial charge in [0.2, 0.25) is 5.91 Å². The Labute approximate surface area is 119 Å². The molecule has 0 atom stereocenters. The molecule has 0 bridgehead atoms. The Hall–Kier alpha value is -2.03. The number of hydrogen-bond donors (Lipinski definition) is 2.